The molecule has 0 unspecified atom stereocenters. The Hall–Kier alpha value is -0.670. The van der Waals surface area contributed by atoms with Crippen LogP contribution in [0.1, 0.15) is 6.92 Å². The van der Waals surface area contributed by atoms with E-state index in [-0.39, 0.29) is 0 Å². The minimum atomic E-state index is 0.967. The van der Waals surface area contributed by atoms with Crippen LogP contribution in [0.3, 0.4) is 0 Å². The van der Waals surface area contributed by atoms with Gasteiger partial charge in [0.05, 0.1) is 7.11 Å². The Morgan fingerprint density at radius 1 is 1.36 bits per heavy atom. The van der Waals surface area contributed by atoms with Crippen LogP contribution in [0, 0.1) is 0 Å². The summed E-state index contributed by atoms with van der Waals surface area (Å²) in [5, 5.41) is 3.29. The molecule has 0 fully saturated rings. The quantitative estimate of drug-likeness (QED) is 0.576. The zero-order valence-corrected chi connectivity index (χ0v) is 9.56. The third-order valence-corrected chi connectivity index (χ3v) is 2.91. The molecule has 0 radical (unpaired) electrons. The fourth-order valence-corrected chi connectivity index (χ4v) is 2.08. The van der Waals surface area contributed by atoms with Crippen LogP contribution in [-0.2, 0) is 0 Å². The van der Waals surface area contributed by atoms with Gasteiger partial charge in [0.1, 0.15) is 5.75 Å². The van der Waals surface area contributed by atoms with Crippen molar-refractivity contribution in [3.8, 4) is 5.75 Å². The third kappa shape index (κ3) is 3.60. The van der Waals surface area contributed by atoms with Crippen LogP contribution in [0.2, 0.25) is 0 Å². The molecule has 0 saturated carbocycles. The Morgan fingerprint density at radius 3 is 2.86 bits per heavy atom. The summed E-state index contributed by atoms with van der Waals surface area (Å²) in [4.78, 5) is 1.22. The van der Waals surface area contributed by atoms with Gasteiger partial charge in [0.25, 0.3) is 0 Å². The number of hydrogen-bond acceptors (Lipinski definition) is 3. The van der Waals surface area contributed by atoms with Crippen molar-refractivity contribution in [3.05, 3.63) is 24.3 Å². The van der Waals surface area contributed by atoms with Gasteiger partial charge in [0, 0.05) is 17.2 Å². The second-order valence-electron chi connectivity index (χ2n) is 2.85. The van der Waals surface area contributed by atoms with E-state index in [1.165, 1.54) is 4.90 Å². The van der Waals surface area contributed by atoms with E-state index < -0.39 is 0 Å². The second kappa shape index (κ2) is 6.74. The summed E-state index contributed by atoms with van der Waals surface area (Å²) in [7, 11) is 1.71. The van der Waals surface area contributed by atoms with E-state index in [9.17, 15) is 0 Å². The molecule has 0 aliphatic rings. The van der Waals surface area contributed by atoms with Crippen molar-refractivity contribution in [1.29, 1.82) is 0 Å². The molecule has 14 heavy (non-hydrogen) atoms. The van der Waals surface area contributed by atoms with Crippen molar-refractivity contribution < 1.29 is 4.74 Å². The zero-order valence-electron chi connectivity index (χ0n) is 8.75. The lowest BCUT2D eigenvalue weighted by molar-refractivity contribution is 0.405. The van der Waals surface area contributed by atoms with Gasteiger partial charge in [-0.15, -0.1) is 11.8 Å². The lowest BCUT2D eigenvalue weighted by Gasteiger charge is -2.07. The average molecular weight is 211 g/mol. The van der Waals surface area contributed by atoms with Gasteiger partial charge in [-0.3, -0.25) is 0 Å². The highest BCUT2D eigenvalue weighted by Crippen LogP contribution is 2.27. The van der Waals surface area contributed by atoms with E-state index in [1.807, 2.05) is 30.0 Å². The van der Waals surface area contributed by atoms with Crippen LogP contribution in [0.4, 0.5) is 0 Å². The number of para-hydroxylation sites is 1. The first-order chi connectivity index (χ1) is 6.88. The summed E-state index contributed by atoms with van der Waals surface area (Å²) in [5.41, 5.74) is 0. The summed E-state index contributed by atoms with van der Waals surface area (Å²) in [5.74, 6) is 2.04. The Balaban J connectivity index is 2.41. The van der Waals surface area contributed by atoms with E-state index in [2.05, 4.69) is 18.3 Å². The summed E-state index contributed by atoms with van der Waals surface area (Å²) < 4.78 is 5.26. The normalized spacial score (nSPS) is 10.1. The highest BCUT2D eigenvalue weighted by Gasteiger charge is 2.00. The van der Waals surface area contributed by atoms with Crippen LogP contribution >= 0.6 is 11.8 Å². The molecule has 1 aromatic rings. The van der Waals surface area contributed by atoms with E-state index in [4.69, 9.17) is 4.74 Å². The summed E-state index contributed by atoms with van der Waals surface area (Å²) in [6, 6.07) is 8.12. The molecule has 0 aromatic heterocycles. The lowest BCUT2D eigenvalue weighted by atomic mass is 10.3. The molecule has 1 aromatic carbocycles. The zero-order chi connectivity index (χ0) is 10.2. The number of ether oxygens (including phenoxy) is 1. The van der Waals surface area contributed by atoms with Crippen molar-refractivity contribution in [1.82, 2.24) is 5.32 Å². The molecule has 1 rings (SSSR count). The first-order valence-electron chi connectivity index (χ1n) is 4.85. The summed E-state index contributed by atoms with van der Waals surface area (Å²) >= 11 is 1.82. The molecule has 0 spiro atoms. The van der Waals surface area contributed by atoms with Crippen LogP contribution in [0.15, 0.2) is 29.2 Å². The number of thioether (sulfide) groups is 1. The van der Waals surface area contributed by atoms with E-state index in [1.54, 1.807) is 7.11 Å². The van der Waals surface area contributed by atoms with Gasteiger partial charge in [0.2, 0.25) is 0 Å². The molecular formula is C11H17NOS. The fourth-order valence-electron chi connectivity index (χ4n) is 1.15. The van der Waals surface area contributed by atoms with Gasteiger partial charge < -0.3 is 10.1 Å². The minimum absolute atomic E-state index is 0.967. The predicted octanol–water partition coefficient (Wildman–Crippen LogP) is 2.40. The van der Waals surface area contributed by atoms with E-state index >= 15 is 0 Å². The van der Waals surface area contributed by atoms with Crippen LogP contribution in [0.5, 0.6) is 5.75 Å². The van der Waals surface area contributed by atoms with Crippen molar-refractivity contribution in [3.63, 3.8) is 0 Å². The van der Waals surface area contributed by atoms with Crippen LogP contribution in [0.25, 0.3) is 0 Å². The molecule has 0 bridgehead atoms. The molecular weight excluding hydrogens is 194 g/mol. The van der Waals surface area contributed by atoms with Gasteiger partial charge in [0.15, 0.2) is 0 Å². The molecule has 0 aliphatic heterocycles. The van der Waals surface area contributed by atoms with Crippen LogP contribution in [-0.4, -0.2) is 26.0 Å². The topological polar surface area (TPSA) is 21.3 Å². The molecule has 0 amide bonds. The van der Waals surface area contributed by atoms with Crippen LogP contribution < -0.4 is 10.1 Å². The molecule has 1 N–H and O–H groups in total. The smallest absolute Gasteiger partial charge is 0.132 e. The highest BCUT2D eigenvalue weighted by atomic mass is 32.2. The highest BCUT2D eigenvalue weighted by molar-refractivity contribution is 7.99. The van der Waals surface area contributed by atoms with Gasteiger partial charge in [-0.05, 0) is 18.7 Å². The molecule has 0 saturated heterocycles. The predicted molar refractivity (Wildman–Crippen MR) is 62.3 cm³/mol. The largest absolute Gasteiger partial charge is 0.496 e. The number of methoxy groups -OCH3 is 1. The molecule has 0 atom stereocenters. The van der Waals surface area contributed by atoms with Crippen molar-refractivity contribution in [2.24, 2.45) is 0 Å². The molecule has 78 valence electrons. The SMILES string of the molecule is CCNCCSc1ccccc1OC. The average Bonchev–Trinajstić information content (AvgIpc) is 2.25. The van der Waals surface area contributed by atoms with E-state index in [0.29, 0.717) is 0 Å². The Labute approximate surface area is 90.0 Å². The second-order valence-corrected chi connectivity index (χ2v) is 3.99. The monoisotopic (exact) mass is 211 g/mol. The number of rotatable bonds is 6. The summed E-state index contributed by atoms with van der Waals surface area (Å²) in [6.45, 7) is 4.19. The first kappa shape index (κ1) is 11.4. The van der Waals surface area contributed by atoms with Gasteiger partial charge in [-0.1, -0.05) is 19.1 Å². The minimum Gasteiger partial charge on any atom is -0.496 e. The Kier molecular flexibility index (Phi) is 5.49. The van der Waals surface area contributed by atoms with Gasteiger partial charge in [-0.25, -0.2) is 0 Å². The molecule has 0 aliphatic carbocycles. The fraction of sp³-hybridized carbons (Fsp3) is 0.455. The van der Waals surface area contributed by atoms with Gasteiger partial charge in [-0.2, -0.15) is 0 Å². The van der Waals surface area contributed by atoms with Crippen molar-refractivity contribution in [2.75, 3.05) is 26.0 Å². The third-order valence-electron chi connectivity index (χ3n) is 1.86. The van der Waals surface area contributed by atoms with E-state index in [0.717, 1.165) is 24.6 Å². The Bertz CT molecular complexity index is 265. The van der Waals surface area contributed by atoms with Crippen molar-refractivity contribution in [2.45, 2.75) is 11.8 Å². The molecule has 0 heterocycles. The van der Waals surface area contributed by atoms with Gasteiger partial charge >= 0.3 is 0 Å². The summed E-state index contributed by atoms with van der Waals surface area (Å²) in [6.07, 6.45) is 0. The molecule has 2 nitrogen and oxygen atoms in total. The maximum atomic E-state index is 5.26. The maximum absolute atomic E-state index is 5.26. The number of benzene rings is 1. The Morgan fingerprint density at radius 2 is 2.14 bits per heavy atom. The number of hydrogen-bond donors (Lipinski definition) is 1. The molecule has 3 heteroatoms. The maximum Gasteiger partial charge on any atom is 0.132 e. The number of nitrogens with one attached hydrogen (secondary N) is 1. The lowest BCUT2D eigenvalue weighted by Crippen LogP contribution is -2.15. The first-order valence-corrected chi connectivity index (χ1v) is 5.83. The van der Waals surface area contributed by atoms with Crippen molar-refractivity contribution >= 4 is 11.8 Å². The standard InChI is InChI=1S/C11H17NOS/c1-3-12-8-9-14-11-7-5-4-6-10(11)13-2/h4-7,12H,3,8-9H2,1-2H3.